The summed E-state index contributed by atoms with van der Waals surface area (Å²) in [6.07, 6.45) is 0. The average Bonchev–Trinajstić information content (AvgIpc) is 3.00. The highest BCUT2D eigenvalue weighted by atomic mass is 32.2. The second-order valence-electron chi connectivity index (χ2n) is 7.91. The van der Waals surface area contributed by atoms with E-state index < -0.39 is 10.0 Å². The third kappa shape index (κ3) is 3.77. The monoisotopic (exact) mass is 439 g/mol. The van der Waals surface area contributed by atoms with Crippen LogP contribution in [0.5, 0.6) is 0 Å². The first-order chi connectivity index (χ1) is 14.7. The molecular formula is C23H25N3O4S. The minimum Gasteiger partial charge on any atom is -0.338 e. The predicted octanol–water partition coefficient (Wildman–Crippen LogP) is 2.26. The van der Waals surface area contributed by atoms with Crippen LogP contribution in [0.25, 0.3) is 5.70 Å². The van der Waals surface area contributed by atoms with Crippen LogP contribution in [0.15, 0.2) is 53.9 Å². The Morgan fingerprint density at radius 3 is 2.23 bits per heavy atom. The summed E-state index contributed by atoms with van der Waals surface area (Å²) in [5.74, 6) is -0.449. The molecule has 162 valence electrons. The predicted molar refractivity (Wildman–Crippen MR) is 118 cm³/mol. The molecule has 0 spiro atoms. The van der Waals surface area contributed by atoms with Gasteiger partial charge in [-0.3, -0.25) is 14.5 Å². The lowest BCUT2D eigenvalue weighted by Crippen LogP contribution is -2.52. The van der Waals surface area contributed by atoms with Crippen molar-refractivity contribution in [2.45, 2.75) is 18.7 Å². The summed E-state index contributed by atoms with van der Waals surface area (Å²) in [5, 5.41) is 0. The lowest BCUT2D eigenvalue weighted by Gasteiger charge is -2.35. The molecule has 0 aromatic heterocycles. The molecule has 2 heterocycles. The summed E-state index contributed by atoms with van der Waals surface area (Å²) in [5.41, 5.74) is 3.76. The maximum Gasteiger partial charge on any atom is 0.259 e. The molecule has 4 rings (SSSR count). The number of aryl methyl sites for hydroxylation is 2. The zero-order valence-corrected chi connectivity index (χ0v) is 18.5. The maximum absolute atomic E-state index is 13.0. The number of hydrogen-bond acceptors (Lipinski definition) is 4. The third-order valence-electron chi connectivity index (χ3n) is 6.04. The fourth-order valence-corrected chi connectivity index (χ4v) is 5.45. The van der Waals surface area contributed by atoms with E-state index in [1.165, 1.54) is 9.21 Å². The summed E-state index contributed by atoms with van der Waals surface area (Å²) in [4.78, 5) is 28.7. The number of piperazine rings is 1. The van der Waals surface area contributed by atoms with E-state index in [1.807, 2.05) is 26.0 Å². The number of fused-ring (bicyclic) bond motifs is 1. The van der Waals surface area contributed by atoms with E-state index in [9.17, 15) is 18.0 Å². The van der Waals surface area contributed by atoms with Crippen LogP contribution in [-0.2, 0) is 14.8 Å². The molecule has 0 radical (unpaired) electrons. The molecule has 0 saturated carbocycles. The Bertz CT molecular complexity index is 1150. The van der Waals surface area contributed by atoms with Crippen LogP contribution >= 0.6 is 0 Å². The highest BCUT2D eigenvalue weighted by Crippen LogP contribution is 2.31. The van der Waals surface area contributed by atoms with E-state index in [1.54, 1.807) is 35.2 Å². The zero-order chi connectivity index (χ0) is 22.3. The van der Waals surface area contributed by atoms with E-state index in [0.717, 1.165) is 16.7 Å². The van der Waals surface area contributed by atoms with E-state index in [2.05, 4.69) is 6.58 Å². The van der Waals surface area contributed by atoms with Gasteiger partial charge in [-0.25, -0.2) is 8.42 Å². The minimum absolute atomic E-state index is 0.101. The van der Waals surface area contributed by atoms with Gasteiger partial charge in [-0.1, -0.05) is 30.8 Å². The lowest BCUT2D eigenvalue weighted by atomic mass is 10.1. The number of rotatable bonds is 4. The standard InChI is InChI=1S/C23H25N3O4S/c1-16-8-9-19(14-17(16)2)31(29,30)25-12-10-24(11-13-25)22(27)15-26-18(3)20-6-4-5-7-21(20)23(26)28/h4-9,14H,3,10-13,15H2,1-2H3. The number of carbonyl (C=O) groups excluding carboxylic acids is 2. The van der Waals surface area contributed by atoms with Crippen LogP contribution in [0, 0.1) is 13.8 Å². The number of benzene rings is 2. The third-order valence-corrected chi connectivity index (χ3v) is 7.93. The molecule has 1 fully saturated rings. The number of sulfonamides is 1. The van der Waals surface area contributed by atoms with Crippen molar-refractivity contribution in [3.8, 4) is 0 Å². The van der Waals surface area contributed by atoms with E-state index in [0.29, 0.717) is 11.3 Å². The molecule has 8 heteroatoms. The summed E-state index contributed by atoms with van der Waals surface area (Å²) < 4.78 is 27.4. The summed E-state index contributed by atoms with van der Waals surface area (Å²) >= 11 is 0. The molecule has 2 amide bonds. The zero-order valence-electron chi connectivity index (χ0n) is 17.7. The molecule has 0 aliphatic carbocycles. The molecule has 0 bridgehead atoms. The van der Waals surface area contributed by atoms with E-state index >= 15 is 0 Å². The van der Waals surface area contributed by atoms with Crippen LogP contribution in [0.3, 0.4) is 0 Å². The molecule has 0 N–H and O–H groups in total. The quantitative estimate of drug-likeness (QED) is 0.732. The first-order valence-electron chi connectivity index (χ1n) is 10.2. The van der Waals surface area contributed by atoms with Crippen LogP contribution in [0.2, 0.25) is 0 Å². The molecule has 2 aliphatic rings. The van der Waals surface area contributed by atoms with Crippen molar-refractivity contribution in [2.24, 2.45) is 0 Å². The molecule has 2 aromatic rings. The first-order valence-corrected chi connectivity index (χ1v) is 11.6. The van der Waals surface area contributed by atoms with E-state index in [-0.39, 0.29) is 49.4 Å². The largest absolute Gasteiger partial charge is 0.338 e. The van der Waals surface area contributed by atoms with Gasteiger partial charge in [-0.15, -0.1) is 0 Å². The Kier molecular flexibility index (Phi) is 5.45. The lowest BCUT2D eigenvalue weighted by molar-refractivity contribution is -0.132. The van der Waals surface area contributed by atoms with Crippen molar-refractivity contribution >= 4 is 27.5 Å². The van der Waals surface area contributed by atoms with Gasteiger partial charge in [-0.05, 0) is 43.2 Å². The smallest absolute Gasteiger partial charge is 0.259 e. The van der Waals surface area contributed by atoms with Crippen molar-refractivity contribution in [1.82, 2.24) is 14.1 Å². The second-order valence-corrected chi connectivity index (χ2v) is 9.85. The topological polar surface area (TPSA) is 78.0 Å². The van der Waals surface area contributed by atoms with Gasteiger partial charge in [0, 0.05) is 43.0 Å². The van der Waals surface area contributed by atoms with Crippen LogP contribution in [0.4, 0.5) is 0 Å². The maximum atomic E-state index is 13.0. The number of nitrogens with zero attached hydrogens (tertiary/aromatic N) is 3. The minimum atomic E-state index is -3.61. The number of hydrogen-bond donors (Lipinski definition) is 0. The SMILES string of the molecule is C=C1c2ccccc2C(=O)N1CC(=O)N1CCN(S(=O)(=O)c2ccc(C)c(C)c2)CC1. The van der Waals surface area contributed by atoms with Gasteiger partial charge in [0.05, 0.1) is 4.90 Å². The van der Waals surface area contributed by atoms with Crippen molar-refractivity contribution in [1.29, 1.82) is 0 Å². The first kappa shape index (κ1) is 21.3. The Balaban J connectivity index is 1.40. The molecular weight excluding hydrogens is 414 g/mol. The molecule has 0 unspecified atom stereocenters. The molecule has 1 saturated heterocycles. The van der Waals surface area contributed by atoms with Gasteiger partial charge in [0.15, 0.2) is 0 Å². The van der Waals surface area contributed by atoms with Crippen LogP contribution in [-0.4, -0.2) is 67.1 Å². The van der Waals surface area contributed by atoms with Crippen molar-refractivity contribution in [2.75, 3.05) is 32.7 Å². The Hall–Kier alpha value is -2.97. The van der Waals surface area contributed by atoms with Crippen molar-refractivity contribution in [3.05, 3.63) is 71.3 Å². The molecule has 2 aliphatic heterocycles. The van der Waals surface area contributed by atoms with Gasteiger partial charge >= 0.3 is 0 Å². The van der Waals surface area contributed by atoms with Gasteiger partial charge < -0.3 is 4.90 Å². The molecule has 2 aromatic carbocycles. The Labute approximate surface area is 182 Å². The second kappa shape index (κ2) is 7.94. The fourth-order valence-electron chi connectivity index (χ4n) is 3.94. The number of carbonyl (C=O) groups is 2. The highest BCUT2D eigenvalue weighted by molar-refractivity contribution is 7.89. The highest BCUT2D eigenvalue weighted by Gasteiger charge is 2.35. The molecule has 7 nitrogen and oxygen atoms in total. The fraction of sp³-hybridized carbons (Fsp3) is 0.304. The van der Waals surface area contributed by atoms with Crippen LogP contribution < -0.4 is 0 Å². The molecule has 0 atom stereocenters. The van der Waals surface area contributed by atoms with Crippen LogP contribution in [0.1, 0.15) is 27.0 Å². The van der Waals surface area contributed by atoms with E-state index in [4.69, 9.17) is 0 Å². The van der Waals surface area contributed by atoms with Gasteiger partial charge in [-0.2, -0.15) is 4.31 Å². The summed E-state index contributed by atoms with van der Waals surface area (Å²) in [6.45, 7) is 8.69. The average molecular weight is 440 g/mol. The van der Waals surface area contributed by atoms with Gasteiger partial charge in [0.25, 0.3) is 5.91 Å². The Morgan fingerprint density at radius 2 is 1.61 bits per heavy atom. The normalized spacial score (nSPS) is 17.2. The molecule has 31 heavy (non-hydrogen) atoms. The van der Waals surface area contributed by atoms with Gasteiger partial charge in [0.1, 0.15) is 6.54 Å². The van der Waals surface area contributed by atoms with Crippen molar-refractivity contribution in [3.63, 3.8) is 0 Å². The van der Waals surface area contributed by atoms with Gasteiger partial charge in [0.2, 0.25) is 15.9 Å². The van der Waals surface area contributed by atoms with Crippen molar-refractivity contribution < 1.29 is 18.0 Å². The number of amides is 2. The summed E-state index contributed by atoms with van der Waals surface area (Å²) in [6, 6.07) is 12.3. The Morgan fingerprint density at radius 1 is 0.968 bits per heavy atom. The summed E-state index contributed by atoms with van der Waals surface area (Å²) in [7, 11) is -3.61.